The molecule has 1 aliphatic heterocycles. The Kier molecular flexibility index (Phi) is 3.56. The Morgan fingerprint density at radius 3 is 3.15 bits per heavy atom. The van der Waals surface area contributed by atoms with Gasteiger partial charge in [-0.05, 0) is 12.1 Å². The average Bonchev–Trinajstić information content (AvgIpc) is 2.91. The number of para-hydroxylation sites is 2. The molecule has 6 heteroatoms. The van der Waals surface area contributed by atoms with Crippen molar-refractivity contribution >= 4 is 23.1 Å². The SMILES string of the molecule is COC(=O)CC1CN(c2nc3ccccc3o2)CCO1. The maximum absolute atomic E-state index is 11.3. The van der Waals surface area contributed by atoms with Gasteiger partial charge in [0, 0.05) is 13.1 Å². The number of esters is 1. The molecule has 2 heterocycles. The molecule has 0 amide bonds. The summed E-state index contributed by atoms with van der Waals surface area (Å²) in [5.74, 6) is -0.269. The summed E-state index contributed by atoms with van der Waals surface area (Å²) in [4.78, 5) is 17.8. The van der Waals surface area contributed by atoms with Crippen LogP contribution in [-0.2, 0) is 14.3 Å². The van der Waals surface area contributed by atoms with Crippen molar-refractivity contribution in [3.8, 4) is 0 Å². The minimum Gasteiger partial charge on any atom is -0.469 e. The number of nitrogens with zero attached hydrogens (tertiary/aromatic N) is 2. The minimum absolute atomic E-state index is 0.189. The first-order valence-corrected chi connectivity index (χ1v) is 6.55. The van der Waals surface area contributed by atoms with E-state index < -0.39 is 0 Å². The quantitative estimate of drug-likeness (QED) is 0.793. The lowest BCUT2D eigenvalue weighted by molar-refractivity contribution is -0.144. The molecule has 106 valence electrons. The van der Waals surface area contributed by atoms with Crippen molar-refractivity contribution in [2.24, 2.45) is 0 Å². The highest BCUT2D eigenvalue weighted by Crippen LogP contribution is 2.23. The van der Waals surface area contributed by atoms with Gasteiger partial charge in [-0.3, -0.25) is 4.79 Å². The average molecular weight is 276 g/mol. The van der Waals surface area contributed by atoms with Crippen LogP contribution in [0.3, 0.4) is 0 Å². The third-order valence-electron chi connectivity index (χ3n) is 3.31. The molecular formula is C14H16N2O4. The highest BCUT2D eigenvalue weighted by Gasteiger charge is 2.26. The first-order valence-electron chi connectivity index (χ1n) is 6.55. The molecule has 1 aromatic carbocycles. The molecule has 1 aliphatic rings. The Labute approximate surface area is 116 Å². The third kappa shape index (κ3) is 2.60. The van der Waals surface area contributed by atoms with Gasteiger partial charge in [-0.2, -0.15) is 4.98 Å². The molecule has 0 saturated carbocycles. The largest absolute Gasteiger partial charge is 0.469 e. The second-order valence-corrected chi connectivity index (χ2v) is 4.68. The number of oxazole rings is 1. The molecule has 1 unspecified atom stereocenters. The predicted octanol–water partition coefficient (Wildman–Crippen LogP) is 1.60. The number of anilines is 1. The van der Waals surface area contributed by atoms with Crippen LogP contribution in [0.4, 0.5) is 6.01 Å². The number of methoxy groups -OCH3 is 1. The zero-order valence-electron chi connectivity index (χ0n) is 11.2. The normalized spacial score (nSPS) is 19.2. The van der Waals surface area contributed by atoms with Crippen LogP contribution in [0, 0.1) is 0 Å². The fourth-order valence-corrected chi connectivity index (χ4v) is 2.28. The number of hydrogen-bond acceptors (Lipinski definition) is 6. The molecule has 1 fully saturated rings. The highest BCUT2D eigenvalue weighted by atomic mass is 16.5. The molecule has 6 nitrogen and oxygen atoms in total. The Bertz CT molecular complexity index is 577. The first kappa shape index (κ1) is 12.9. The van der Waals surface area contributed by atoms with Crippen LogP contribution in [0.15, 0.2) is 28.7 Å². The molecule has 0 aliphatic carbocycles. The van der Waals surface area contributed by atoms with E-state index in [0.717, 1.165) is 11.1 Å². The van der Waals surface area contributed by atoms with E-state index in [1.54, 1.807) is 0 Å². The van der Waals surface area contributed by atoms with E-state index in [9.17, 15) is 4.79 Å². The van der Waals surface area contributed by atoms with Crippen molar-refractivity contribution < 1.29 is 18.7 Å². The Hall–Kier alpha value is -2.08. The monoisotopic (exact) mass is 276 g/mol. The fraction of sp³-hybridized carbons (Fsp3) is 0.429. The van der Waals surface area contributed by atoms with Gasteiger partial charge >= 0.3 is 5.97 Å². The number of rotatable bonds is 3. The van der Waals surface area contributed by atoms with Gasteiger partial charge in [-0.1, -0.05) is 12.1 Å². The molecule has 1 saturated heterocycles. The summed E-state index contributed by atoms with van der Waals surface area (Å²) in [6, 6.07) is 8.21. The van der Waals surface area contributed by atoms with Gasteiger partial charge < -0.3 is 18.8 Å². The Morgan fingerprint density at radius 2 is 2.35 bits per heavy atom. The number of aromatic nitrogens is 1. The number of carbonyl (C=O) groups excluding carboxylic acids is 1. The number of benzene rings is 1. The van der Waals surface area contributed by atoms with Crippen molar-refractivity contribution in [2.45, 2.75) is 12.5 Å². The van der Waals surface area contributed by atoms with Crippen LogP contribution in [0.1, 0.15) is 6.42 Å². The van der Waals surface area contributed by atoms with Crippen LogP contribution in [0.2, 0.25) is 0 Å². The van der Waals surface area contributed by atoms with E-state index in [4.69, 9.17) is 9.15 Å². The molecule has 1 aromatic heterocycles. The van der Waals surface area contributed by atoms with Crippen molar-refractivity contribution in [3.63, 3.8) is 0 Å². The summed E-state index contributed by atoms with van der Waals surface area (Å²) in [6.07, 6.45) is 0.0546. The standard InChI is InChI=1S/C14H16N2O4/c1-18-13(17)8-10-9-16(6-7-19-10)14-15-11-4-2-3-5-12(11)20-14/h2-5,10H,6-9H2,1H3. The summed E-state index contributed by atoms with van der Waals surface area (Å²) >= 11 is 0. The molecule has 0 bridgehead atoms. The number of ether oxygens (including phenoxy) is 2. The van der Waals surface area contributed by atoms with Gasteiger partial charge in [0.25, 0.3) is 6.01 Å². The van der Waals surface area contributed by atoms with Gasteiger partial charge in [0.05, 0.1) is 26.2 Å². The van der Waals surface area contributed by atoms with E-state index in [1.165, 1.54) is 7.11 Å². The second-order valence-electron chi connectivity index (χ2n) is 4.68. The highest BCUT2D eigenvalue weighted by molar-refractivity contribution is 5.74. The predicted molar refractivity (Wildman–Crippen MR) is 72.6 cm³/mol. The summed E-state index contributed by atoms with van der Waals surface area (Å²) in [5, 5.41) is 0. The van der Waals surface area contributed by atoms with Crippen molar-refractivity contribution in [2.75, 3.05) is 31.7 Å². The van der Waals surface area contributed by atoms with Crippen molar-refractivity contribution in [3.05, 3.63) is 24.3 Å². The fourth-order valence-electron chi connectivity index (χ4n) is 2.28. The van der Waals surface area contributed by atoms with Crippen LogP contribution in [0.25, 0.3) is 11.1 Å². The van der Waals surface area contributed by atoms with E-state index in [-0.39, 0.29) is 18.5 Å². The third-order valence-corrected chi connectivity index (χ3v) is 3.31. The van der Waals surface area contributed by atoms with Gasteiger partial charge in [-0.25, -0.2) is 0 Å². The van der Waals surface area contributed by atoms with Crippen LogP contribution >= 0.6 is 0 Å². The number of fused-ring (bicyclic) bond motifs is 1. The van der Waals surface area contributed by atoms with E-state index >= 15 is 0 Å². The Morgan fingerprint density at radius 1 is 1.50 bits per heavy atom. The summed E-state index contributed by atoms with van der Waals surface area (Å²) < 4.78 is 16.0. The summed E-state index contributed by atoms with van der Waals surface area (Å²) in [7, 11) is 1.38. The maximum Gasteiger partial charge on any atom is 0.308 e. The van der Waals surface area contributed by atoms with Gasteiger partial charge in [0.1, 0.15) is 5.52 Å². The second kappa shape index (κ2) is 5.50. The van der Waals surface area contributed by atoms with Crippen molar-refractivity contribution in [1.82, 2.24) is 4.98 Å². The molecule has 3 rings (SSSR count). The van der Waals surface area contributed by atoms with Crippen molar-refractivity contribution in [1.29, 1.82) is 0 Å². The van der Waals surface area contributed by atoms with Crippen LogP contribution in [0.5, 0.6) is 0 Å². The maximum atomic E-state index is 11.3. The van der Waals surface area contributed by atoms with Gasteiger partial charge in [-0.15, -0.1) is 0 Å². The molecular weight excluding hydrogens is 260 g/mol. The topological polar surface area (TPSA) is 64.8 Å². The molecule has 2 aromatic rings. The lowest BCUT2D eigenvalue weighted by Gasteiger charge is -2.31. The van der Waals surface area contributed by atoms with E-state index in [1.807, 2.05) is 29.2 Å². The molecule has 1 atom stereocenters. The number of carbonyl (C=O) groups is 1. The molecule has 0 N–H and O–H groups in total. The zero-order chi connectivity index (χ0) is 13.9. The minimum atomic E-state index is -0.269. The van der Waals surface area contributed by atoms with Crippen LogP contribution < -0.4 is 4.90 Å². The van der Waals surface area contributed by atoms with Gasteiger partial charge in [0.2, 0.25) is 0 Å². The molecule has 20 heavy (non-hydrogen) atoms. The first-order chi connectivity index (χ1) is 9.76. The lowest BCUT2D eigenvalue weighted by atomic mass is 10.2. The van der Waals surface area contributed by atoms with E-state index in [0.29, 0.717) is 25.7 Å². The smallest absolute Gasteiger partial charge is 0.308 e. The molecule has 0 radical (unpaired) electrons. The van der Waals surface area contributed by atoms with Gasteiger partial charge in [0.15, 0.2) is 5.58 Å². The van der Waals surface area contributed by atoms with Crippen LogP contribution in [-0.4, -0.2) is 43.9 Å². The number of morpholine rings is 1. The summed E-state index contributed by atoms with van der Waals surface area (Å²) in [5.41, 5.74) is 1.59. The molecule has 0 spiro atoms. The number of hydrogen-bond donors (Lipinski definition) is 0. The van der Waals surface area contributed by atoms with E-state index in [2.05, 4.69) is 9.72 Å². The summed E-state index contributed by atoms with van der Waals surface area (Å²) in [6.45, 7) is 1.81. The zero-order valence-corrected chi connectivity index (χ0v) is 11.2. The Balaban J connectivity index is 1.74. The lowest BCUT2D eigenvalue weighted by Crippen LogP contribution is -2.43.